The van der Waals surface area contributed by atoms with E-state index in [9.17, 15) is 9.90 Å². The number of hydrogen-bond donors (Lipinski definition) is 1. The summed E-state index contributed by atoms with van der Waals surface area (Å²) >= 11 is -3.39. The molecule has 3 rings (SSSR count). The zero-order valence-corrected chi connectivity index (χ0v) is 15.1. The summed E-state index contributed by atoms with van der Waals surface area (Å²) in [5.41, 5.74) is 0. The van der Waals surface area contributed by atoms with Crippen LogP contribution in [0.4, 0.5) is 0 Å². The molecule has 0 spiro atoms. The van der Waals surface area contributed by atoms with E-state index in [4.69, 9.17) is 0 Å². The number of benzene rings is 3. The van der Waals surface area contributed by atoms with Crippen molar-refractivity contribution in [1.82, 2.24) is 0 Å². The Morgan fingerprint density at radius 2 is 1.00 bits per heavy atom. The maximum absolute atomic E-state index is 11.2. The van der Waals surface area contributed by atoms with Crippen molar-refractivity contribution in [2.45, 2.75) is 0 Å². The quantitative estimate of drug-likeness (QED) is 0.562. The zero-order valence-electron chi connectivity index (χ0n) is 13.0. The van der Waals surface area contributed by atoms with Gasteiger partial charge in [-0.15, -0.1) is 0 Å². The molecule has 24 heavy (non-hydrogen) atoms. The van der Waals surface area contributed by atoms with Gasteiger partial charge in [-0.25, -0.2) is 0 Å². The number of rotatable bonds is 3. The van der Waals surface area contributed by atoms with Crippen molar-refractivity contribution in [2.24, 2.45) is 0 Å². The molecule has 0 aromatic heterocycles. The molecule has 0 saturated heterocycles. The molecule has 0 fully saturated rings. The molecule has 3 heteroatoms. The molecule has 0 atom stereocenters. The van der Waals surface area contributed by atoms with Gasteiger partial charge in [-0.1, -0.05) is 0 Å². The van der Waals surface area contributed by atoms with Gasteiger partial charge in [0.05, 0.1) is 0 Å². The summed E-state index contributed by atoms with van der Waals surface area (Å²) < 4.78 is 6.60. The number of carboxylic acids is 1. The van der Waals surface area contributed by atoms with Crippen LogP contribution < -0.4 is 13.2 Å². The van der Waals surface area contributed by atoms with E-state index >= 15 is 0 Å². The summed E-state index contributed by atoms with van der Waals surface area (Å²) in [6.45, 7) is 0. The topological polar surface area (TPSA) is 37.3 Å². The SMILES string of the molecule is O=C(O)C#[C][Ge]([c]1ccccc1)([c]1ccccc1)[c]1ccccc1. The zero-order chi connectivity index (χ0) is 16.8. The van der Waals surface area contributed by atoms with Crippen molar-refractivity contribution in [3.05, 3.63) is 91.0 Å². The summed E-state index contributed by atoms with van der Waals surface area (Å²) in [6.07, 6.45) is 0. The van der Waals surface area contributed by atoms with E-state index in [-0.39, 0.29) is 0 Å². The fourth-order valence-corrected chi connectivity index (χ4v) is 10.9. The molecule has 0 amide bonds. The minimum absolute atomic E-state index is 1.09. The fraction of sp³-hybridized carbons (Fsp3) is 0. The normalized spacial score (nSPS) is 10.5. The first-order valence-corrected chi connectivity index (χ1v) is 11.9. The van der Waals surface area contributed by atoms with Gasteiger partial charge in [0, 0.05) is 0 Å². The summed E-state index contributed by atoms with van der Waals surface area (Å²) in [4.78, 5) is 11.2. The van der Waals surface area contributed by atoms with Gasteiger partial charge in [-0.3, -0.25) is 0 Å². The second-order valence-electron chi connectivity index (χ2n) is 5.40. The molecule has 0 aliphatic rings. The average Bonchev–Trinajstić information content (AvgIpc) is 2.65. The summed E-state index contributed by atoms with van der Waals surface area (Å²) in [7, 11) is 0. The van der Waals surface area contributed by atoms with Gasteiger partial charge < -0.3 is 0 Å². The second kappa shape index (κ2) is 7.20. The van der Waals surface area contributed by atoms with Crippen LogP contribution >= 0.6 is 0 Å². The predicted molar refractivity (Wildman–Crippen MR) is 99.4 cm³/mol. The molecule has 0 radical (unpaired) electrons. The van der Waals surface area contributed by atoms with Crippen molar-refractivity contribution in [3.63, 3.8) is 0 Å². The van der Waals surface area contributed by atoms with Crippen LogP contribution in [-0.2, 0) is 4.79 Å². The molecule has 0 bridgehead atoms. The molecular formula is C21H16GeO2. The average molecular weight is 373 g/mol. The van der Waals surface area contributed by atoms with Gasteiger partial charge in [0.2, 0.25) is 0 Å². The van der Waals surface area contributed by atoms with Crippen molar-refractivity contribution in [2.75, 3.05) is 0 Å². The van der Waals surface area contributed by atoms with E-state index in [1.165, 1.54) is 0 Å². The van der Waals surface area contributed by atoms with Crippen LogP contribution in [0, 0.1) is 10.7 Å². The molecule has 116 valence electrons. The van der Waals surface area contributed by atoms with Crippen LogP contribution in [0.25, 0.3) is 0 Å². The fourth-order valence-electron chi connectivity index (χ4n) is 2.93. The van der Waals surface area contributed by atoms with E-state index in [0.29, 0.717) is 0 Å². The number of carbonyl (C=O) groups is 1. The van der Waals surface area contributed by atoms with Crippen LogP contribution in [0.3, 0.4) is 0 Å². The summed E-state index contributed by atoms with van der Waals surface area (Å²) in [5.74, 6) is 1.34. The molecule has 1 N–H and O–H groups in total. The number of carboxylic acid groups (broad SMARTS) is 1. The molecule has 0 unspecified atom stereocenters. The standard InChI is InChI=1S/C21H16GeO2/c23-21(24)16-17-22(18-10-4-1-5-11-18,19-12-6-2-7-13-19)20-14-8-3-9-15-20/h1-15H,(H,23,24). The van der Waals surface area contributed by atoms with Crippen LogP contribution in [0.1, 0.15) is 0 Å². The molecule has 0 aliphatic carbocycles. The second-order valence-corrected chi connectivity index (χ2v) is 12.7. The molecule has 0 aliphatic heterocycles. The maximum atomic E-state index is 11.2. The van der Waals surface area contributed by atoms with Gasteiger partial charge in [-0.2, -0.15) is 0 Å². The van der Waals surface area contributed by atoms with E-state index < -0.39 is 19.2 Å². The molecule has 0 saturated carbocycles. The number of hydrogen-bond acceptors (Lipinski definition) is 1. The summed E-state index contributed by atoms with van der Waals surface area (Å²) in [5, 5.41) is 9.17. The number of aliphatic carboxylic acids is 1. The molecule has 2 nitrogen and oxygen atoms in total. The van der Waals surface area contributed by atoms with Gasteiger partial charge in [0.1, 0.15) is 0 Å². The Balaban J connectivity index is 2.38. The minimum atomic E-state index is -3.39. The van der Waals surface area contributed by atoms with Gasteiger partial charge in [0.25, 0.3) is 0 Å². The molecular weight excluding hydrogens is 357 g/mol. The van der Waals surface area contributed by atoms with Crippen LogP contribution in [0.2, 0.25) is 0 Å². The Bertz CT molecular complexity index is 782. The monoisotopic (exact) mass is 374 g/mol. The summed E-state index contributed by atoms with van der Waals surface area (Å²) in [6, 6.07) is 30.2. The third-order valence-corrected chi connectivity index (χ3v) is 12.6. The molecule has 0 heterocycles. The Morgan fingerprint density at radius 3 is 1.29 bits per heavy atom. The first-order chi connectivity index (χ1) is 11.7. The van der Waals surface area contributed by atoms with Crippen molar-refractivity contribution >= 4 is 32.4 Å². The first-order valence-electron chi connectivity index (χ1n) is 7.66. The molecule has 3 aromatic rings. The predicted octanol–water partition coefficient (Wildman–Crippen LogP) is 1.78. The Hall–Kier alpha value is -2.77. The van der Waals surface area contributed by atoms with E-state index in [1.54, 1.807) is 0 Å². The van der Waals surface area contributed by atoms with E-state index in [2.05, 4.69) is 47.1 Å². The van der Waals surface area contributed by atoms with Gasteiger partial charge >= 0.3 is 144 Å². The third kappa shape index (κ3) is 3.12. The Kier molecular flexibility index (Phi) is 4.83. The first kappa shape index (κ1) is 16.1. The van der Waals surface area contributed by atoms with Gasteiger partial charge in [0.15, 0.2) is 0 Å². The third-order valence-electron chi connectivity index (χ3n) is 3.98. The van der Waals surface area contributed by atoms with E-state index in [0.717, 1.165) is 13.2 Å². The molecule has 3 aromatic carbocycles. The van der Waals surface area contributed by atoms with Crippen LogP contribution in [0.5, 0.6) is 0 Å². The van der Waals surface area contributed by atoms with Gasteiger partial charge in [-0.05, 0) is 0 Å². The Morgan fingerprint density at radius 1 is 0.667 bits per heavy atom. The van der Waals surface area contributed by atoms with Crippen LogP contribution in [-0.4, -0.2) is 24.3 Å². The Labute approximate surface area is 144 Å². The van der Waals surface area contributed by atoms with Crippen LogP contribution in [0.15, 0.2) is 91.0 Å². The van der Waals surface area contributed by atoms with E-state index in [1.807, 2.05) is 54.6 Å². The van der Waals surface area contributed by atoms with Crippen molar-refractivity contribution in [1.29, 1.82) is 0 Å². The van der Waals surface area contributed by atoms with Crippen molar-refractivity contribution in [3.8, 4) is 10.7 Å². The van der Waals surface area contributed by atoms with Crippen molar-refractivity contribution < 1.29 is 9.90 Å².